The summed E-state index contributed by atoms with van der Waals surface area (Å²) in [5, 5.41) is 0. The highest BCUT2D eigenvalue weighted by Gasteiger charge is 2.34. The summed E-state index contributed by atoms with van der Waals surface area (Å²) in [5.74, 6) is -0.511. The molecule has 0 unspecified atom stereocenters. The van der Waals surface area contributed by atoms with Gasteiger partial charge in [-0.25, -0.2) is 4.98 Å². The van der Waals surface area contributed by atoms with Crippen molar-refractivity contribution in [1.82, 2.24) is 19.0 Å². The van der Waals surface area contributed by atoms with E-state index in [1.807, 2.05) is 0 Å². The van der Waals surface area contributed by atoms with Gasteiger partial charge in [0.25, 0.3) is 17.4 Å². The summed E-state index contributed by atoms with van der Waals surface area (Å²) in [6, 6.07) is 6.84. The summed E-state index contributed by atoms with van der Waals surface area (Å²) in [6.07, 6.45) is 4.48. The van der Waals surface area contributed by atoms with Gasteiger partial charge in [0.2, 0.25) is 0 Å². The Morgan fingerprint density at radius 2 is 1.72 bits per heavy atom. The number of unbranched alkanes of at least 4 members (excludes halogenated alkanes) is 1. The molecule has 7 nitrogen and oxygen atoms in total. The van der Waals surface area contributed by atoms with Crippen molar-refractivity contribution in [2.24, 2.45) is 0 Å². The molecule has 29 heavy (non-hydrogen) atoms. The zero-order chi connectivity index (χ0) is 20.5. The van der Waals surface area contributed by atoms with Crippen molar-refractivity contribution in [2.45, 2.75) is 25.9 Å². The number of aromatic nitrogens is 3. The van der Waals surface area contributed by atoms with Crippen LogP contribution in [0.5, 0.6) is 0 Å². The smallest absolute Gasteiger partial charge is 0.272 e. The van der Waals surface area contributed by atoms with E-state index < -0.39 is 0 Å². The lowest BCUT2D eigenvalue weighted by molar-refractivity contribution is 0.0651. The first-order chi connectivity index (χ1) is 14.0. The van der Waals surface area contributed by atoms with Crippen molar-refractivity contribution in [3.63, 3.8) is 0 Å². The molecule has 1 aliphatic heterocycles. The zero-order valence-corrected chi connectivity index (χ0v) is 17.2. The molecule has 3 aromatic rings. The number of amides is 2. The number of rotatable bonds is 7. The Morgan fingerprint density at radius 1 is 1.07 bits per heavy atom. The van der Waals surface area contributed by atoms with Crippen molar-refractivity contribution < 1.29 is 9.59 Å². The monoisotopic (exact) mass is 426 g/mol. The van der Waals surface area contributed by atoms with E-state index in [0.29, 0.717) is 57.9 Å². The third kappa shape index (κ3) is 3.36. The molecule has 0 aliphatic carbocycles. The van der Waals surface area contributed by atoms with E-state index >= 15 is 0 Å². The number of carbonyl (C=O) groups excluding carboxylic acids is 2. The number of aryl methyl sites for hydroxylation is 1. The van der Waals surface area contributed by atoms with Gasteiger partial charge in [-0.05, 0) is 37.2 Å². The molecule has 3 heterocycles. The van der Waals surface area contributed by atoms with E-state index in [4.69, 9.17) is 12.2 Å². The summed E-state index contributed by atoms with van der Waals surface area (Å²) in [4.78, 5) is 43.2. The first-order valence-corrected chi connectivity index (χ1v) is 10.4. The molecule has 1 aliphatic rings. The third-order valence-corrected chi connectivity index (χ3v) is 6.29. The molecule has 1 aromatic carbocycles. The maximum atomic E-state index is 12.7. The van der Waals surface area contributed by atoms with Gasteiger partial charge in [-0.3, -0.25) is 23.9 Å². The van der Waals surface area contributed by atoms with Crippen LogP contribution >= 0.6 is 23.6 Å². The van der Waals surface area contributed by atoms with Gasteiger partial charge < -0.3 is 4.57 Å². The van der Waals surface area contributed by atoms with Crippen LogP contribution in [-0.2, 0) is 13.1 Å². The number of carbonyl (C=O) groups is 2. The molecular formula is C20H18N4O3S2. The fraction of sp³-hybridized carbons (Fsp3) is 0.250. The van der Waals surface area contributed by atoms with E-state index in [-0.39, 0.29) is 17.4 Å². The van der Waals surface area contributed by atoms with Crippen LogP contribution in [-0.4, -0.2) is 37.4 Å². The molecule has 2 amide bonds. The Hall–Kier alpha value is -2.91. The minimum Gasteiger partial charge on any atom is -0.304 e. The highest BCUT2D eigenvalue weighted by atomic mass is 32.1. The average Bonchev–Trinajstić information content (AvgIpc) is 3.17. The van der Waals surface area contributed by atoms with Gasteiger partial charge in [0.15, 0.2) is 9.60 Å². The largest absolute Gasteiger partial charge is 0.304 e. The molecular weight excluding hydrogens is 408 g/mol. The molecule has 0 atom stereocenters. The summed E-state index contributed by atoms with van der Waals surface area (Å²) < 4.78 is 4.46. The lowest BCUT2D eigenvalue weighted by Gasteiger charge is -2.13. The van der Waals surface area contributed by atoms with Gasteiger partial charge in [0.1, 0.15) is 4.70 Å². The van der Waals surface area contributed by atoms with E-state index in [1.54, 1.807) is 39.5 Å². The highest BCUT2D eigenvalue weighted by Crippen LogP contribution is 2.23. The number of benzene rings is 1. The van der Waals surface area contributed by atoms with E-state index in [1.165, 1.54) is 22.6 Å². The lowest BCUT2D eigenvalue weighted by atomic mass is 10.1. The quantitative estimate of drug-likeness (QED) is 0.251. The van der Waals surface area contributed by atoms with E-state index in [9.17, 15) is 14.4 Å². The molecule has 0 saturated carbocycles. The topological polar surface area (TPSA) is 77.2 Å². The van der Waals surface area contributed by atoms with Crippen LogP contribution in [0.4, 0.5) is 0 Å². The standard InChI is InChI=1S/C20H18N4O3S2/c1-2-9-23-16-15(29-20(23)28)19(27)22(12-21-16)10-5-6-11-24-17(25)13-7-3-4-8-14(13)18(24)26/h2-4,7-8,12H,1,5-6,9-11H2. The number of nitrogens with zero attached hydrogens (tertiary/aromatic N) is 4. The van der Waals surface area contributed by atoms with Crippen LogP contribution in [0.2, 0.25) is 0 Å². The molecule has 0 N–H and O–H groups in total. The second-order valence-corrected chi connectivity index (χ2v) is 8.32. The predicted octanol–water partition coefficient (Wildman–Crippen LogP) is 3.25. The van der Waals surface area contributed by atoms with Crippen molar-refractivity contribution in [3.05, 3.63) is 68.7 Å². The summed E-state index contributed by atoms with van der Waals surface area (Å²) in [7, 11) is 0. The van der Waals surface area contributed by atoms with Gasteiger partial charge >= 0.3 is 0 Å². The molecule has 0 radical (unpaired) electrons. The van der Waals surface area contributed by atoms with Crippen molar-refractivity contribution >= 4 is 45.7 Å². The fourth-order valence-corrected chi connectivity index (χ4v) is 4.73. The normalized spacial score (nSPS) is 13.3. The average molecular weight is 427 g/mol. The van der Waals surface area contributed by atoms with Crippen LogP contribution in [0.15, 0.2) is 48.0 Å². The van der Waals surface area contributed by atoms with Crippen LogP contribution in [0.1, 0.15) is 33.6 Å². The van der Waals surface area contributed by atoms with Crippen molar-refractivity contribution in [1.29, 1.82) is 0 Å². The summed E-state index contributed by atoms with van der Waals surface area (Å²) in [5.41, 5.74) is 1.35. The van der Waals surface area contributed by atoms with E-state index in [2.05, 4.69) is 11.6 Å². The Balaban J connectivity index is 1.42. The number of allylic oxidation sites excluding steroid dienone is 1. The number of hydrogen-bond acceptors (Lipinski definition) is 6. The fourth-order valence-electron chi connectivity index (χ4n) is 3.42. The second kappa shape index (κ2) is 7.84. The van der Waals surface area contributed by atoms with Crippen LogP contribution in [0.25, 0.3) is 10.3 Å². The second-order valence-electron chi connectivity index (χ2n) is 6.68. The Bertz CT molecular complexity index is 1220. The lowest BCUT2D eigenvalue weighted by Crippen LogP contribution is -2.31. The van der Waals surface area contributed by atoms with Gasteiger partial charge in [-0.1, -0.05) is 29.5 Å². The van der Waals surface area contributed by atoms with Crippen LogP contribution < -0.4 is 5.56 Å². The maximum absolute atomic E-state index is 12.7. The van der Waals surface area contributed by atoms with Crippen molar-refractivity contribution in [2.75, 3.05) is 6.54 Å². The first kappa shape index (κ1) is 19.4. The summed E-state index contributed by atoms with van der Waals surface area (Å²) >= 11 is 6.57. The number of fused-ring (bicyclic) bond motifs is 2. The number of imide groups is 1. The van der Waals surface area contributed by atoms with Crippen molar-refractivity contribution in [3.8, 4) is 0 Å². The number of hydrogen-bond donors (Lipinski definition) is 0. The molecule has 0 fully saturated rings. The van der Waals surface area contributed by atoms with Gasteiger partial charge in [-0.15, -0.1) is 6.58 Å². The SMILES string of the molecule is C=CCn1c(=S)sc2c(=O)n(CCCCN3C(=O)c4ccccc4C3=O)cnc21. The van der Waals surface area contributed by atoms with Crippen LogP contribution in [0, 0.1) is 3.95 Å². The highest BCUT2D eigenvalue weighted by molar-refractivity contribution is 7.73. The molecule has 148 valence electrons. The van der Waals surface area contributed by atoms with Gasteiger partial charge in [-0.2, -0.15) is 0 Å². The third-order valence-electron chi connectivity index (χ3n) is 4.86. The molecule has 2 aromatic heterocycles. The molecule has 0 bridgehead atoms. The number of thiazole rings is 1. The molecule has 0 spiro atoms. The molecule has 0 saturated heterocycles. The minimum absolute atomic E-state index is 0.130. The predicted molar refractivity (Wildman–Crippen MR) is 114 cm³/mol. The van der Waals surface area contributed by atoms with Gasteiger partial charge in [0.05, 0.1) is 17.5 Å². The first-order valence-electron chi connectivity index (χ1n) is 9.18. The zero-order valence-electron chi connectivity index (χ0n) is 15.5. The minimum atomic E-state index is -0.255. The molecule has 4 rings (SSSR count). The Morgan fingerprint density at radius 3 is 2.38 bits per heavy atom. The Kier molecular flexibility index (Phi) is 5.25. The summed E-state index contributed by atoms with van der Waals surface area (Å²) in [6.45, 7) is 4.99. The maximum Gasteiger partial charge on any atom is 0.272 e. The molecule has 9 heteroatoms. The van der Waals surface area contributed by atoms with Gasteiger partial charge in [0, 0.05) is 19.6 Å². The Labute approximate surface area is 175 Å². The van der Waals surface area contributed by atoms with E-state index in [0.717, 1.165) is 0 Å². The van der Waals surface area contributed by atoms with Crippen LogP contribution in [0.3, 0.4) is 0 Å².